The van der Waals surface area contributed by atoms with Crippen LogP contribution in [-0.4, -0.2) is 15.1 Å². The van der Waals surface area contributed by atoms with Gasteiger partial charge in [-0.05, 0) is 121 Å². The highest BCUT2D eigenvalue weighted by atomic mass is 16.6. The molecular weight excluding hydrogens is 1030 g/mol. The van der Waals surface area contributed by atoms with Gasteiger partial charge in [0.05, 0.1) is 16.3 Å². The highest BCUT2D eigenvalue weighted by Gasteiger charge is 2.64. The maximum Gasteiger partial charge on any atom is 0.269 e. The van der Waals surface area contributed by atoms with E-state index in [1.807, 2.05) is 18.2 Å². The molecule has 11 heteroatoms. The number of hydrogen-bond donors (Lipinski definition) is 2. The highest BCUT2D eigenvalue weighted by molar-refractivity contribution is 6.78. The number of non-ortho nitro benzene ring substituents is 1. The second-order valence-electron chi connectivity index (χ2n) is 26.3. The molecule has 0 aromatic heterocycles. The van der Waals surface area contributed by atoms with Gasteiger partial charge in [0.2, 0.25) is 5.43 Å². The fourth-order valence-electron chi connectivity index (χ4n) is 23.1. The smallest absolute Gasteiger partial charge is 0.269 e. The van der Waals surface area contributed by atoms with E-state index in [9.17, 15) is 10.1 Å². The summed E-state index contributed by atoms with van der Waals surface area (Å²) < 4.78 is 0. The molecule has 362 valence electrons. The Labute approximate surface area is 448 Å². The highest BCUT2D eigenvalue weighted by Crippen LogP contribution is 2.78. The molecule has 0 saturated heterocycles. The maximum atomic E-state index is 17.2. The molecule has 0 spiro atoms. The van der Waals surface area contributed by atoms with Crippen LogP contribution in [0.15, 0.2) is 83.8 Å². The molecule has 0 saturated carbocycles. The van der Waals surface area contributed by atoms with Crippen LogP contribution in [0.5, 0.6) is 0 Å². The van der Waals surface area contributed by atoms with Crippen molar-refractivity contribution in [2.75, 3.05) is 0 Å². The molecule has 0 fully saturated rings. The van der Waals surface area contributed by atoms with E-state index < -0.39 is 27.0 Å². The van der Waals surface area contributed by atoms with Gasteiger partial charge in [0.25, 0.3) is 5.69 Å². The summed E-state index contributed by atoms with van der Waals surface area (Å²) in [7, 11) is 0. The number of hydrogen-bond acceptors (Lipinski definition) is 10. The Morgan fingerprint density at radius 3 is 0.819 bits per heavy atom. The molecule has 30 rings (SSSR count). The van der Waals surface area contributed by atoms with E-state index in [1.54, 1.807) is 12.1 Å². The van der Waals surface area contributed by atoms with E-state index in [-0.39, 0.29) is 54.8 Å². The topological polar surface area (TPSA) is 177 Å². The molecule has 2 atom stereocenters. The Morgan fingerprint density at radius 1 is 0.277 bits per heavy atom. The summed E-state index contributed by atoms with van der Waals surface area (Å²) in [5.74, 6) is 0. The minimum Gasteiger partial charge on any atom is -0.376 e. The number of rotatable bonds is 3. The van der Waals surface area contributed by atoms with Gasteiger partial charge in [-0.2, -0.15) is 0 Å². The predicted octanol–water partition coefficient (Wildman–Crippen LogP) is 12.9. The van der Waals surface area contributed by atoms with E-state index in [0.717, 1.165) is 124 Å². The van der Waals surface area contributed by atoms with E-state index in [0.29, 0.717) is 87.2 Å². The van der Waals surface area contributed by atoms with Crippen LogP contribution < -0.4 is 32.4 Å². The lowest BCUT2D eigenvalue weighted by molar-refractivity contribution is -0.384. The Balaban J connectivity index is 1.07. The first-order valence-electron chi connectivity index (χ1n) is 28.2. The first-order chi connectivity index (χ1) is 40.6. The first kappa shape index (κ1) is 35.6. The van der Waals surface area contributed by atoms with Crippen molar-refractivity contribution in [3.05, 3.63) is 150 Å². The van der Waals surface area contributed by atoms with Crippen LogP contribution in [0, 0.1) is 10.1 Å². The fraction of sp³-hybridized carbons (Fsp3) is 0.0278. The summed E-state index contributed by atoms with van der Waals surface area (Å²) >= 11 is 0. The van der Waals surface area contributed by atoms with E-state index in [2.05, 4.69) is 0 Å². The van der Waals surface area contributed by atoms with Gasteiger partial charge in [-0.15, -0.1) is 0 Å². The van der Waals surface area contributed by atoms with Crippen molar-refractivity contribution in [1.29, 1.82) is 0 Å². The second-order valence-corrected chi connectivity index (χ2v) is 26.3. The van der Waals surface area contributed by atoms with Gasteiger partial charge in [0.15, 0.2) is 16.3 Å². The molecule has 83 heavy (non-hydrogen) atoms. The zero-order valence-corrected chi connectivity index (χ0v) is 41.4. The predicted molar refractivity (Wildman–Crippen MR) is 326 cm³/mol. The summed E-state index contributed by atoms with van der Waals surface area (Å²) in [6, 6.07) is 14.6. The van der Waals surface area contributed by atoms with Crippen molar-refractivity contribution in [2.45, 2.75) is 11.2 Å². The number of fused-ring (bicyclic) bond motifs is 9. The lowest BCUT2D eigenvalue weighted by atomic mass is 9.66. The number of aliphatic hydroxyl groups is 2. The summed E-state index contributed by atoms with van der Waals surface area (Å²) in [6.45, 7) is 0. The number of nitro benzene ring substituents is 1. The van der Waals surface area contributed by atoms with E-state index in [1.165, 1.54) is 78.1 Å². The van der Waals surface area contributed by atoms with Crippen molar-refractivity contribution in [3.63, 3.8) is 0 Å². The minimum atomic E-state index is -2.42. The quantitative estimate of drug-likeness (QED) is 0.0998. The van der Waals surface area contributed by atoms with Gasteiger partial charge in [-0.3, -0.25) is 29.3 Å². The maximum absolute atomic E-state index is 17.2. The average molecular weight is 1050 g/mol. The van der Waals surface area contributed by atoms with Gasteiger partial charge in [-0.1, -0.05) is 18.2 Å². The molecule has 0 aliphatic heterocycles. The van der Waals surface area contributed by atoms with Crippen molar-refractivity contribution in [2.24, 2.45) is 9.98 Å². The van der Waals surface area contributed by atoms with Crippen LogP contribution in [0.25, 0.3) is 248 Å². The Morgan fingerprint density at radius 2 is 0.518 bits per heavy atom. The minimum absolute atomic E-state index is 0.0177. The van der Waals surface area contributed by atoms with Gasteiger partial charge in [0, 0.05) is 196 Å². The summed E-state index contributed by atoms with van der Waals surface area (Å²) in [4.78, 5) is 89.8. The molecule has 2 N–H and O–H groups in total. The molecular formula is C72H11N3O8. The SMILES string of the molecule is O=c1c(=Nc2ccc([N+](=O)[O-])cc2)c2c(c1=Nc1ccccc1)[C@]1(O)c3c4c5c6c(c7c(=O)c8c9c(=O)c%10c%11c(=O)c%12c1c1c3c3c5c5c%13c6c6c7c8c7c8c9c%10c9c%10c%11c%12c%11c1c1c3c5c3c5c%13c6c7c6c8c9c7c%10c%11c1c3c7c65)[C@@]24O. The first-order valence-corrected chi connectivity index (χ1v) is 28.2. The van der Waals surface area contributed by atoms with Crippen LogP contribution in [0.2, 0.25) is 0 Å². The second kappa shape index (κ2) is 8.88. The largest absolute Gasteiger partial charge is 0.376 e. The third kappa shape index (κ3) is 2.36. The zero-order chi connectivity index (χ0) is 52.6. The number of nitrogens with zero attached hydrogens (tertiary/aromatic N) is 3. The Bertz CT molecular complexity index is 8330. The number of nitro groups is 1. The lowest BCUT2D eigenvalue weighted by Crippen LogP contribution is -2.46. The fourth-order valence-corrected chi connectivity index (χ4v) is 23.1. The molecule has 0 unspecified atom stereocenters. The standard InChI is InChI=1S/C72H11N3O8/c76-67-53-43-33-22-18-13-14-16-17-15(13)20-26-24(18)35(33)45-47-37(26)39-29(20)31-28(17)32-30-21(16)27-25-19(14)23(22)34-36(25)46-48-38(27)40(30)50-52-42(32)41(31)51-49(39)59(57(47)68(77)55(45)53)71(80)61(51)62(52)72(81,60(50)58(48)69(78)56(46)54(67)44(34)43)64-63(71)65(73-10-4-2-1-3-5-10)70(79)66(64)74-11-6-8-12(9-7-11)75(82)83/h1-9,80-81H/t71-,72+/m1/s1. The molecule has 27 aromatic carbocycles. The van der Waals surface area contributed by atoms with Crippen molar-refractivity contribution in [1.82, 2.24) is 0 Å². The van der Waals surface area contributed by atoms with Crippen molar-refractivity contribution >= 4 is 265 Å². The molecule has 0 heterocycles. The van der Waals surface area contributed by atoms with Crippen LogP contribution in [-0.2, 0) is 11.2 Å². The molecule has 3 aliphatic carbocycles. The van der Waals surface area contributed by atoms with Crippen LogP contribution >= 0.6 is 0 Å². The molecule has 27 aromatic rings. The lowest BCUT2D eigenvalue weighted by Gasteiger charge is -2.41. The normalized spacial score (nSPS) is 20.0. The molecule has 0 radical (unpaired) electrons. The third-order valence-electron chi connectivity index (χ3n) is 24.5. The molecule has 11 nitrogen and oxygen atoms in total. The van der Waals surface area contributed by atoms with Crippen molar-refractivity contribution in [3.8, 4) is 0 Å². The monoisotopic (exact) mass is 1050 g/mol. The van der Waals surface area contributed by atoms with Gasteiger partial charge < -0.3 is 10.2 Å². The van der Waals surface area contributed by atoms with Crippen LogP contribution in [0.3, 0.4) is 0 Å². The molecule has 0 amide bonds. The Kier molecular flexibility index (Phi) is 3.81. The third-order valence-corrected chi connectivity index (χ3v) is 24.5. The molecule has 3 aliphatic rings. The van der Waals surface area contributed by atoms with Crippen molar-refractivity contribution < 1.29 is 15.1 Å². The average Bonchev–Trinajstić information content (AvgIpc) is 1.41. The summed E-state index contributed by atoms with van der Waals surface area (Å²) in [5.41, 5.74) is -4.97. The van der Waals surface area contributed by atoms with Crippen LogP contribution in [0.1, 0.15) is 33.4 Å². The Hall–Kier alpha value is -11.0. The summed E-state index contributed by atoms with van der Waals surface area (Å²) in [5, 5.41) is 84.8. The zero-order valence-electron chi connectivity index (χ0n) is 41.4. The van der Waals surface area contributed by atoms with Gasteiger partial charge in [0.1, 0.15) is 21.9 Å². The van der Waals surface area contributed by atoms with E-state index in [4.69, 9.17) is 9.98 Å². The number of benzene rings is 17. The number of para-hydroxylation sites is 1. The molecule has 0 bridgehead atoms. The van der Waals surface area contributed by atoms with Crippen LogP contribution in [0.4, 0.5) is 17.1 Å². The summed E-state index contributed by atoms with van der Waals surface area (Å²) in [6.07, 6.45) is 0. The van der Waals surface area contributed by atoms with E-state index >= 15 is 29.4 Å². The van der Waals surface area contributed by atoms with Gasteiger partial charge in [-0.25, -0.2) is 9.98 Å². The van der Waals surface area contributed by atoms with Gasteiger partial charge >= 0.3 is 0 Å².